The predicted molar refractivity (Wildman–Crippen MR) is 80.0 cm³/mol. The highest BCUT2D eigenvalue weighted by Gasteiger charge is 2.08. The molecule has 0 fully saturated rings. The van der Waals surface area contributed by atoms with E-state index >= 15 is 0 Å². The number of para-hydroxylation sites is 1. The summed E-state index contributed by atoms with van der Waals surface area (Å²) in [7, 11) is 0. The monoisotopic (exact) mass is 312 g/mol. The van der Waals surface area contributed by atoms with Crippen molar-refractivity contribution in [2.75, 3.05) is 17.2 Å². The zero-order valence-corrected chi connectivity index (χ0v) is 11.8. The van der Waals surface area contributed by atoms with E-state index in [1.807, 2.05) is 0 Å². The molecular weight excluding hydrogens is 302 g/mol. The normalized spacial score (nSPS) is 10.2. The summed E-state index contributed by atoms with van der Waals surface area (Å²) in [5, 5.41) is 6.13. The molecule has 0 aliphatic heterocycles. The number of carbonyl (C=O) groups is 1. The zero-order valence-electron chi connectivity index (χ0n) is 10.3. The summed E-state index contributed by atoms with van der Waals surface area (Å²) in [5.74, 6) is -0.816. The third-order valence-corrected chi connectivity index (χ3v) is 3.08. The lowest BCUT2D eigenvalue weighted by Crippen LogP contribution is -2.22. The first-order valence-corrected chi connectivity index (χ1v) is 6.55. The van der Waals surface area contributed by atoms with Gasteiger partial charge >= 0.3 is 0 Å². The van der Waals surface area contributed by atoms with Crippen LogP contribution in [0, 0.1) is 5.82 Å². The van der Waals surface area contributed by atoms with Gasteiger partial charge in [0.2, 0.25) is 5.91 Å². The minimum atomic E-state index is -0.503. The molecule has 2 aromatic rings. The van der Waals surface area contributed by atoms with Crippen LogP contribution in [0.1, 0.15) is 0 Å². The molecule has 0 aliphatic carbocycles. The molecule has 2 rings (SSSR count). The number of benzene rings is 2. The van der Waals surface area contributed by atoms with Crippen LogP contribution in [0.2, 0.25) is 10.0 Å². The molecule has 0 atom stereocenters. The van der Waals surface area contributed by atoms with Crippen molar-refractivity contribution < 1.29 is 9.18 Å². The third-order valence-electron chi connectivity index (χ3n) is 2.52. The van der Waals surface area contributed by atoms with Gasteiger partial charge in [-0.1, -0.05) is 29.3 Å². The molecule has 0 radical (unpaired) electrons. The second kappa shape index (κ2) is 6.59. The fraction of sp³-hybridized carbons (Fsp3) is 0.0714. The number of carbonyl (C=O) groups excluding carboxylic acids is 1. The molecule has 2 N–H and O–H groups in total. The standard InChI is InChI=1S/C14H11Cl2FN2O/c15-9-4-6-10(7-5-9)19-13(20)8-18-14-11(16)2-1-3-12(14)17/h1-7,18H,8H2,(H,19,20). The Kier molecular flexibility index (Phi) is 4.82. The third kappa shape index (κ3) is 3.85. The average molecular weight is 313 g/mol. The first-order chi connectivity index (χ1) is 9.56. The number of amides is 1. The van der Waals surface area contributed by atoms with Crippen LogP contribution >= 0.6 is 23.2 Å². The van der Waals surface area contributed by atoms with E-state index in [0.29, 0.717) is 10.7 Å². The van der Waals surface area contributed by atoms with Crippen molar-refractivity contribution in [3.8, 4) is 0 Å². The fourth-order valence-electron chi connectivity index (χ4n) is 1.57. The smallest absolute Gasteiger partial charge is 0.243 e. The van der Waals surface area contributed by atoms with Crippen molar-refractivity contribution in [2.45, 2.75) is 0 Å². The summed E-state index contributed by atoms with van der Waals surface area (Å²) in [5.41, 5.74) is 0.723. The minimum Gasteiger partial charge on any atom is -0.373 e. The predicted octanol–water partition coefficient (Wildman–Crippen LogP) is 4.18. The maximum absolute atomic E-state index is 13.5. The summed E-state index contributed by atoms with van der Waals surface area (Å²) in [6, 6.07) is 11.0. The second-order valence-corrected chi connectivity index (χ2v) is 4.85. The molecule has 2 aromatic carbocycles. The number of hydrogen-bond donors (Lipinski definition) is 2. The summed E-state index contributed by atoms with van der Waals surface area (Å²) >= 11 is 11.6. The molecule has 20 heavy (non-hydrogen) atoms. The molecule has 3 nitrogen and oxygen atoms in total. The van der Waals surface area contributed by atoms with Crippen molar-refractivity contribution in [1.29, 1.82) is 0 Å². The van der Waals surface area contributed by atoms with Gasteiger partial charge in [0.1, 0.15) is 5.82 Å². The van der Waals surface area contributed by atoms with Gasteiger partial charge in [-0.15, -0.1) is 0 Å². The molecule has 6 heteroatoms. The first kappa shape index (κ1) is 14.6. The topological polar surface area (TPSA) is 41.1 Å². The molecule has 104 valence electrons. The average Bonchev–Trinajstić information content (AvgIpc) is 2.41. The Labute approximate surface area is 125 Å². The molecule has 0 aliphatic rings. The summed E-state index contributed by atoms with van der Waals surface area (Å²) in [6.07, 6.45) is 0. The quantitative estimate of drug-likeness (QED) is 0.889. The summed E-state index contributed by atoms with van der Waals surface area (Å²) < 4.78 is 13.5. The van der Waals surface area contributed by atoms with Crippen LogP contribution < -0.4 is 10.6 Å². The Morgan fingerprint density at radius 1 is 1.10 bits per heavy atom. The van der Waals surface area contributed by atoms with Crippen molar-refractivity contribution in [2.24, 2.45) is 0 Å². The van der Waals surface area contributed by atoms with Gasteiger partial charge in [-0.05, 0) is 36.4 Å². The number of hydrogen-bond acceptors (Lipinski definition) is 2. The van der Waals surface area contributed by atoms with Crippen LogP contribution in [0.15, 0.2) is 42.5 Å². The van der Waals surface area contributed by atoms with Gasteiger partial charge in [0.25, 0.3) is 0 Å². The highest BCUT2D eigenvalue weighted by atomic mass is 35.5. The Balaban J connectivity index is 1.94. The minimum absolute atomic E-state index is 0.0940. The number of halogens is 3. The van der Waals surface area contributed by atoms with Crippen LogP contribution in [-0.4, -0.2) is 12.5 Å². The molecule has 0 unspecified atom stereocenters. The summed E-state index contributed by atoms with van der Waals surface area (Å²) in [6.45, 7) is -0.0940. The molecule has 0 bridgehead atoms. The van der Waals surface area contributed by atoms with E-state index < -0.39 is 5.82 Å². The Morgan fingerprint density at radius 2 is 1.80 bits per heavy atom. The van der Waals surface area contributed by atoms with Gasteiger partial charge in [-0.3, -0.25) is 4.79 Å². The van der Waals surface area contributed by atoms with Gasteiger partial charge in [0.05, 0.1) is 17.3 Å². The second-order valence-electron chi connectivity index (χ2n) is 4.01. The molecule has 0 spiro atoms. The molecule has 0 heterocycles. The number of nitrogens with one attached hydrogen (secondary N) is 2. The lowest BCUT2D eigenvalue weighted by molar-refractivity contribution is -0.114. The van der Waals surface area contributed by atoms with Crippen molar-refractivity contribution in [1.82, 2.24) is 0 Å². The van der Waals surface area contributed by atoms with Gasteiger partial charge in [-0.2, -0.15) is 0 Å². The van der Waals surface area contributed by atoms with Crippen molar-refractivity contribution in [3.05, 3.63) is 58.3 Å². The lowest BCUT2D eigenvalue weighted by atomic mass is 10.3. The van der Waals surface area contributed by atoms with E-state index in [1.165, 1.54) is 12.1 Å². The fourth-order valence-corrected chi connectivity index (χ4v) is 1.93. The van der Waals surface area contributed by atoms with Crippen LogP contribution in [0.5, 0.6) is 0 Å². The van der Waals surface area contributed by atoms with E-state index in [0.717, 1.165) is 0 Å². The molecule has 0 saturated carbocycles. The van der Waals surface area contributed by atoms with Crippen LogP contribution in [-0.2, 0) is 4.79 Å². The van der Waals surface area contributed by atoms with Crippen molar-refractivity contribution in [3.63, 3.8) is 0 Å². The Bertz CT molecular complexity index is 597. The van der Waals surface area contributed by atoms with E-state index in [2.05, 4.69) is 10.6 Å². The van der Waals surface area contributed by atoms with E-state index in [-0.39, 0.29) is 23.2 Å². The van der Waals surface area contributed by atoms with E-state index in [4.69, 9.17) is 23.2 Å². The SMILES string of the molecule is O=C(CNc1c(F)cccc1Cl)Nc1ccc(Cl)cc1. The number of rotatable bonds is 4. The first-order valence-electron chi connectivity index (χ1n) is 5.79. The lowest BCUT2D eigenvalue weighted by Gasteiger charge is -2.10. The van der Waals surface area contributed by atoms with Gasteiger partial charge in [0, 0.05) is 10.7 Å². The highest BCUT2D eigenvalue weighted by Crippen LogP contribution is 2.24. The van der Waals surface area contributed by atoms with E-state index in [1.54, 1.807) is 30.3 Å². The van der Waals surface area contributed by atoms with Gasteiger partial charge in [0.15, 0.2) is 0 Å². The maximum atomic E-state index is 13.5. The van der Waals surface area contributed by atoms with Crippen LogP contribution in [0.3, 0.4) is 0 Å². The molecule has 1 amide bonds. The largest absolute Gasteiger partial charge is 0.373 e. The van der Waals surface area contributed by atoms with Crippen LogP contribution in [0.4, 0.5) is 15.8 Å². The Morgan fingerprint density at radius 3 is 2.45 bits per heavy atom. The number of anilines is 2. The molecule has 0 saturated heterocycles. The highest BCUT2D eigenvalue weighted by molar-refractivity contribution is 6.33. The maximum Gasteiger partial charge on any atom is 0.243 e. The zero-order chi connectivity index (χ0) is 14.5. The summed E-state index contributed by atoms with van der Waals surface area (Å²) in [4.78, 5) is 11.7. The molecular formula is C14H11Cl2FN2O. The van der Waals surface area contributed by atoms with Gasteiger partial charge < -0.3 is 10.6 Å². The van der Waals surface area contributed by atoms with Crippen molar-refractivity contribution >= 4 is 40.5 Å². The van der Waals surface area contributed by atoms with Crippen LogP contribution in [0.25, 0.3) is 0 Å². The van der Waals surface area contributed by atoms with Gasteiger partial charge in [-0.25, -0.2) is 4.39 Å². The molecule has 0 aromatic heterocycles. The Hall–Kier alpha value is -1.78. The van der Waals surface area contributed by atoms with E-state index in [9.17, 15) is 9.18 Å².